The highest BCUT2D eigenvalue weighted by Crippen LogP contribution is 2.17. The Morgan fingerprint density at radius 3 is 2.58 bits per heavy atom. The Labute approximate surface area is 114 Å². The number of hydrogen-bond donors (Lipinski definition) is 2. The van der Waals surface area contributed by atoms with Crippen molar-refractivity contribution in [1.82, 2.24) is 10.5 Å². The lowest BCUT2D eigenvalue weighted by molar-refractivity contribution is 0.392. The van der Waals surface area contributed by atoms with Crippen LogP contribution in [0.4, 0.5) is 0 Å². The van der Waals surface area contributed by atoms with Crippen molar-refractivity contribution in [1.29, 1.82) is 0 Å². The van der Waals surface area contributed by atoms with Crippen LogP contribution in [0.2, 0.25) is 0 Å². The topological polar surface area (TPSA) is 76.4 Å². The first-order valence-corrected chi connectivity index (χ1v) is 7.15. The average Bonchev–Trinajstić information content (AvgIpc) is 2.59. The molecule has 19 heavy (non-hydrogen) atoms. The largest absolute Gasteiger partial charge is 0.370 e. The molecule has 0 spiro atoms. The molecule has 3 N–H and O–H groups in total. The van der Waals surface area contributed by atoms with Gasteiger partial charge in [-0.2, -0.15) is 0 Å². The molecule has 5 heteroatoms. The van der Waals surface area contributed by atoms with Gasteiger partial charge in [-0.05, 0) is 26.7 Å². The maximum atomic E-state index is 5.96. The first kappa shape index (κ1) is 13.9. The minimum atomic E-state index is 0.482. The van der Waals surface area contributed by atoms with Crippen molar-refractivity contribution in [2.75, 3.05) is 0 Å². The summed E-state index contributed by atoms with van der Waals surface area (Å²) in [5.41, 5.74) is 7.89. The van der Waals surface area contributed by atoms with E-state index in [-0.39, 0.29) is 0 Å². The number of rotatable bonds is 3. The van der Waals surface area contributed by atoms with Crippen LogP contribution in [0.5, 0.6) is 0 Å². The molecule has 0 atom stereocenters. The van der Waals surface area contributed by atoms with Crippen molar-refractivity contribution in [2.45, 2.75) is 65.0 Å². The van der Waals surface area contributed by atoms with Crippen LogP contribution < -0.4 is 11.1 Å². The molecule has 1 aromatic rings. The number of guanidine groups is 1. The van der Waals surface area contributed by atoms with E-state index in [2.05, 4.69) is 15.5 Å². The molecule has 0 aliphatic heterocycles. The molecule has 5 nitrogen and oxygen atoms in total. The van der Waals surface area contributed by atoms with Crippen LogP contribution in [0.1, 0.15) is 55.5 Å². The quantitative estimate of drug-likeness (QED) is 0.499. The monoisotopic (exact) mass is 264 g/mol. The third kappa shape index (κ3) is 3.98. The van der Waals surface area contributed by atoms with Gasteiger partial charge in [-0.3, -0.25) is 0 Å². The Balaban J connectivity index is 1.88. The Kier molecular flexibility index (Phi) is 4.82. The van der Waals surface area contributed by atoms with E-state index in [9.17, 15) is 0 Å². The van der Waals surface area contributed by atoms with Crippen LogP contribution >= 0.6 is 0 Å². The van der Waals surface area contributed by atoms with Gasteiger partial charge >= 0.3 is 0 Å². The molecule has 1 aromatic heterocycles. The Bertz CT molecular complexity index is 411. The smallest absolute Gasteiger partial charge is 0.189 e. The molecule has 0 aromatic carbocycles. The lowest BCUT2D eigenvalue weighted by atomic mass is 10.1. The molecule has 1 aliphatic carbocycles. The highest BCUT2D eigenvalue weighted by molar-refractivity contribution is 5.78. The van der Waals surface area contributed by atoms with E-state index in [1.807, 2.05) is 13.8 Å². The van der Waals surface area contributed by atoms with Gasteiger partial charge in [0.15, 0.2) is 5.96 Å². The maximum absolute atomic E-state index is 5.96. The number of nitrogens with zero attached hydrogens (tertiary/aromatic N) is 2. The third-order valence-corrected chi connectivity index (χ3v) is 3.80. The third-order valence-electron chi connectivity index (χ3n) is 3.80. The fourth-order valence-corrected chi connectivity index (χ4v) is 2.57. The lowest BCUT2D eigenvalue weighted by Gasteiger charge is -2.16. The number of aryl methyl sites for hydroxylation is 2. The molecule has 0 bridgehead atoms. The fraction of sp³-hybridized carbons (Fsp3) is 0.714. The summed E-state index contributed by atoms with van der Waals surface area (Å²) in [5.74, 6) is 1.36. The maximum Gasteiger partial charge on any atom is 0.189 e. The van der Waals surface area contributed by atoms with Gasteiger partial charge < -0.3 is 15.6 Å². The van der Waals surface area contributed by atoms with Crippen molar-refractivity contribution >= 4 is 5.96 Å². The molecule has 106 valence electrons. The standard InChI is InChI=1S/C14H24N4O/c1-10-13(11(2)19-18-10)9-16-14(15)17-12-7-5-3-4-6-8-12/h12H,3-9H2,1-2H3,(H3,15,16,17). The zero-order valence-electron chi connectivity index (χ0n) is 11.9. The van der Waals surface area contributed by atoms with E-state index in [0.717, 1.165) is 17.0 Å². The minimum Gasteiger partial charge on any atom is -0.370 e. The van der Waals surface area contributed by atoms with E-state index in [0.29, 0.717) is 18.5 Å². The molecule has 1 aliphatic rings. The fourth-order valence-electron chi connectivity index (χ4n) is 2.57. The van der Waals surface area contributed by atoms with E-state index in [1.165, 1.54) is 38.5 Å². The van der Waals surface area contributed by atoms with Gasteiger partial charge in [0.1, 0.15) is 5.76 Å². The summed E-state index contributed by atoms with van der Waals surface area (Å²) in [5, 5.41) is 7.25. The van der Waals surface area contributed by atoms with Crippen LogP contribution in [-0.2, 0) is 6.54 Å². The van der Waals surface area contributed by atoms with E-state index >= 15 is 0 Å². The number of hydrogen-bond acceptors (Lipinski definition) is 3. The number of nitrogens with one attached hydrogen (secondary N) is 1. The lowest BCUT2D eigenvalue weighted by Crippen LogP contribution is -2.39. The molecule has 1 fully saturated rings. The molecular weight excluding hydrogens is 240 g/mol. The van der Waals surface area contributed by atoms with Crippen LogP contribution in [0.15, 0.2) is 9.52 Å². The van der Waals surface area contributed by atoms with Crippen LogP contribution in [0.3, 0.4) is 0 Å². The van der Waals surface area contributed by atoms with Crippen LogP contribution in [0.25, 0.3) is 0 Å². The van der Waals surface area contributed by atoms with Crippen molar-refractivity contribution in [3.63, 3.8) is 0 Å². The SMILES string of the molecule is Cc1noc(C)c1CN=C(N)NC1CCCCCC1. The van der Waals surface area contributed by atoms with Crippen LogP contribution in [0, 0.1) is 13.8 Å². The summed E-state index contributed by atoms with van der Waals surface area (Å²) in [6.45, 7) is 4.36. The zero-order chi connectivity index (χ0) is 13.7. The van der Waals surface area contributed by atoms with E-state index in [4.69, 9.17) is 10.3 Å². The molecule has 1 heterocycles. The molecular formula is C14H24N4O. The van der Waals surface area contributed by atoms with E-state index in [1.54, 1.807) is 0 Å². The summed E-state index contributed by atoms with van der Waals surface area (Å²) in [4.78, 5) is 4.40. The van der Waals surface area contributed by atoms with Crippen LogP contribution in [-0.4, -0.2) is 17.2 Å². The first-order chi connectivity index (χ1) is 9.16. The van der Waals surface area contributed by atoms with Gasteiger partial charge in [-0.1, -0.05) is 30.8 Å². The molecule has 0 saturated heterocycles. The molecule has 0 unspecified atom stereocenters. The predicted molar refractivity (Wildman–Crippen MR) is 75.9 cm³/mol. The molecule has 2 rings (SSSR count). The highest BCUT2D eigenvalue weighted by Gasteiger charge is 2.13. The summed E-state index contributed by atoms with van der Waals surface area (Å²) in [6, 6.07) is 0.482. The number of nitrogens with two attached hydrogens (primary N) is 1. The Morgan fingerprint density at radius 2 is 2.00 bits per heavy atom. The molecule has 0 radical (unpaired) electrons. The van der Waals surface area contributed by atoms with Crippen molar-refractivity contribution in [3.8, 4) is 0 Å². The van der Waals surface area contributed by atoms with Gasteiger partial charge in [-0.15, -0.1) is 0 Å². The minimum absolute atomic E-state index is 0.482. The summed E-state index contributed by atoms with van der Waals surface area (Å²) in [7, 11) is 0. The average molecular weight is 264 g/mol. The van der Waals surface area contributed by atoms with Gasteiger partial charge in [0, 0.05) is 11.6 Å². The molecule has 0 amide bonds. The summed E-state index contributed by atoms with van der Waals surface area (Å²) >= 11 is 0. The van der Waals surface area contributed by atoms with Gasteiger partial charge in [-0.25, -0.2) is 4.99 Å². The second kappa shape index (κ2) is 6.59. The zero-order valence-corrected chi connectivity index (χ0v) is 11.9. The first-order valence-electron chi connectivity index (χ1n) is 7.15. The second-order valence-corrected chi connectivity index (χ2v) is 5.34. The van der Waals surface area contributed by atoms with Gasteiger partial charge in [0.05, 0.1) is 12.2 Å². The Hall–Kier alpha value is -1.52. The van der Waals surface area contributed by atoms with Crippen molar-refractivity contribution < 1.29 is 4.52 Å². The molecule has 1 saturated carbocycles. The Morgan fingerprint density at radius 1 is 1.32 bits per heavy atom. The highest BCUT2D eigenvalue weighted by atomic mass is 16.5. The predicted octanol–water partition coefficient (Wildman–Crippen LogP) is 2.42. The summed E-state index contributed by atoms with van der Waals surface area (Å²) in [6.07, 6.45) is 7.65. The number of aliphatic imine (C=N–C) groups is 1. The number of aromatic nitrogens is 1. The van der Waals surface area contributed by atoms with Gasteiger partial charge in [0.25, 0.3) is 0 Å². The summed E-state index contributed by atoms with van der Waals surface area (Å²) < 4.78 is 5.11. The van der Waals surface area contributed by atoms with E-state index < -0.39 is 0 Å². The van der Waals surface area contributed by atoms with Crippen molar-refractivity contribution in [2.24, 2.45) is 10.7 Å². The normalized spacial score (nSPS) is 18.3. The van der Waals surface area contributed by atoms with Crippen molar-refractivity contribution in [3.05, 3.63) is 17.0 Å². The van der Waals surface area contributed by atoms with Gasteiger partial charge in [0.2, 0.25) is 0 Å². The second-order valence-electron chi connectivity index (χ2n) is 5.34.